The van der Waals surface area contributed by atoms with E-state index in [-0.39, 0.29) is 5.60 Å². The van der Waals surface area contributed by atoms with Crippen LogP contribution in [0.1, 0.15) is 46.5 Å². The summed E-state index contributed by atoms with van der Waals surface area (Å²) in [5, 5.41) is 3.72. The Morgan fingerprint density at radius 2 is 2.00 bits per heavy atom. The van der Waals surface area contributed by atoms with Crippen LogP contribution in [0, 0.1) is 5.41 Å². The van der Waals surface area contributed by atoms with E-state index >= 15 is 0 Å². The summed E-state index contributed by atoms with van der Waals surface area (Å²) in [6.45, 7) is 8.93. The molecule has 2 rings (SSSR count). The Bertz CT molecular complexity index is 235. The van der Waals surface area contributed by atoms with Crippen LogP contribution in [-0.4, -0.2) is 36.3 Å². The first kappa shape index (κ1) is 13.7. The molecule has 1 unspecified atom stereocenters. The van der Waals surface area contributed by atoms with Gasteiger partial charge in [0.1, 0.15) is 0 Å². The molecule has 2 fully saturated rings. The zero-order valence-electron chi connectivity index (χ0n) is 11.6. The SMILES string of the molecule is CC(C)(C)CCC1NCCOC12CCSCC2. The summed E-state index contributed by atoms with van der Waals surface area (Å²) in [4.78, 5) is 0. The lowest BCUT2D eigenvalue weighted by Crippen LogP contribution is -2.59. The van der Waals surface area contributed by atoms with Crippen LogP contribution in [-0.2, 0) is 4.74 Å². The van der Waals surface area contributed by atoms with Crippen LogP contribution in [0.25, 0.3) is 0 Å². The topological polar surface area (TPSA) is 21.3 Å². The van der Waals surface area contributed by atoms with Crippen LogP contribution in [0.4, 0.5) is 0 Å². The normalized spacial score (nSPS) is 29.5. The summed E-state index contributed by atoms with van der Waals surface area (Å²) in [5.74, 6) is 2.54. The van der Waals surface area contributed by atoms with E-state index in [0.29, 0.717) is 11.5 Å². The van der Waals surface area contributed by atoms with Gasteiger partial charge in [-0.1, -0.05) is 20.8 Å². The minimum absolute atomic E-state index is 0.161. The Kier molecular flexibility index (Phi) is 4.43. The van der Waals surface area contributed by atoms with E-state index < -0.39 is 0 Å². The Morgan fingerprint density at radius 1 is 1.29 bits per heavy atom. The molecule has 0 amide bonds. The molecule has 2 aliphatic rings. The smallest absolute Gasteiger partial charge is 0.0851 e. The minimum atomic E-state index is 0.161. The van der Waals surface area contributed by atoms with Gasteiger partial charge in [0.2, 0.25) is 0 Å². The van der Waals surface area contributed by atoms with Crippen molar-refractivity contribution in [2.24, 2.45) is 5.41 Å². The van der Waals surface area contributed by atoms with Crippen molar-refractivity contribution in [3.8, 4) is 0 Å². The summed E-state index contributed by atoms with van der Waals surface area (Å²) >= 11 is 2.08. The first-order valence-electron chi connectivity index (χ1n) is 6.97. The molecule has 0 radical (unpaired) electrons. The summed E-state index contributed by atoms with van der Waals surface area (Å²) in [6, 6.07) is 0.580. The number of rotatable bonds is 2. The molecule has 2 heterocycles. The lowest BCUT2D eigenvalue weighted by Gasteiger charge is -2.47. The van der Waals surface area contributed by atoms with Gasteiger partial charge in [0.25, 0.3) is 0 Å². The maximum atomic E-state index is 6.21. The molecule has 0 aliphatic carbocycles. The maximum Gasteiger partial charge on any atom is 0.0851 e. The minimum Gasteiger partial charge on any atom is -0.372 e. The highest BCUT2D eigenvalue weighted by atomic mass is 32.2. The number of ether oxygens (including phenoxy) is 1. The van der Waals surface area contributed by atoms with Crippen LogP contribution in [0.3, 0.4) is 0 Å². The molecule has 3 heteroatoms. The summed E-state index contributed by atoms with van der Waals surface area (Å²) in [7, 11) is 0. The van der Waals surface area contributed by atoms with Crippen molar-refractivity contribution in [2.45, 2.75) is 58.1 Å². The Morgan fingerprint density at radius 3 is 2.65 bits per heavy atom. The molecule has 2 saturated heterocycles. The van der Waals surface area contributed by atoms with Gasteiger partial charge in [-0.15, -0.1) is 0 Å². The van der Waals surface area contributed by atoms with Crippen molar-refractivity contribution in [2.75, 3.05) is 24.7 Å². The standard InChI is InChI=1S/C14H27NOS/c1-13(2,3)5-4-12-14(16-9-8-15-12)6-10-17-11-7-14/h12,15H,4-11H2,1-3H3. The number of nitrogens with one attached hydrogen (secondary N) is 1. The quantitative estimate of drug-likeness (QED) is 0.821. The third-order valence-electron chi connectivity index (χ3n) is 4.04. The third kappa shape index (κ3) is 3.62. The number of morpholine rings is 1. The highest BCUT2D eigenvalue weighted by Crippen LogP contribution is 2.37. The van der Waals surface area contributed by atoms with Gasteiger partial charge in [-0.3, -0.25) is 0 Å². The van der Waals surface area contributed by atoms with Crippen LogP contribution in [0.5, 0.6) is 0 Å². The average molecular weight is 257 g/mol. The van der Waals surface area contributed by atoms with Gasteiger partial charge in [0.05, 0.1) is 12.2 Å². The zero-order chi connectivity index (χ0) is 12.4. The summed E-state index contributed by atoms with van der Waals surface area (Å²) < 4.78 is 6.21. The van der Waals surface area contributed by atoms with Crippen molar-refractivity contribution in [1.29, 1.82) is 0 Å². The van der Waals surface area contributed by atoms with Crippen molar-refractivity contribution < 1.29 is 4.74 Å². The number of hydrogen-bond acceptors (Lipinski definition) is 3. The zero-order valence-corrected chi connectivity index (χ0v) is 12.4. The molecular formula is C14H27NOS. The van der Waals surface area contributed by atoms with Gasteiger partial charge in [0, 0.05) is 12.6 Å². The van der Waals surface area contributed by atoms with E-state index in [2.05, 4.69) is 37.8 Å². The second kappa shape index (κ2) is 5.50. The van der Waals surface area contributed by atoms with Crippen molar-refractivity contribution >= 4 is 11.8 Å². The van der Waals surface area contributed by atoms with E-state index in [0.717, 1.165) is 13.2 Å². The molecule has 2 aliphatic heterocycles. The molecule has 2 nitrogen and oxygen atoms in total. The molecule has 1 atom stereocenters. The lowest BCUT2D eigenvalue weighted by atomic mass is 9.80. The van der Waals surface area contributed by atoms with Gasteiger partial charge in [-0.05, 0) is 42.6 Å². The molecule has 0 aromatic rings. The fourth-order valence-electron chi connectivity index (χ4n) is 2.93. The Balaban J connectivity index is 1.96. The van der Waals surface area contributed by atoms with Crippen molar-refractivity contribution in [1.82, 2.24) is 5.32 Å². The molecule has 0 bridgehead atoms. The first-order chi connectivity index (χ1) is 8.02. The van der Waals surface area contributed by atoms with E-state index in [1.54, 1.807) is 0 Å². The molecular weight excluding hydrogens is 230 g/mol. The third-order valence-corrected chi connectivity index (χ3v) is 5.03. The monoisotopic (exact) mass is 257 g/mol. The predicted octanol–water partition coefficient (Wildman–Crippen LogP) is 3.07. The number of hydrogen-bond donors (Lipinski definition) is 1. The van der Waals surface area contributed by atoms with E-state index in [4.69, 9.17) is 4.74 Å². The number of thioether (sulfide) groups is 1. The average Bonchev–Trinajstić information content (AvgIpc) is 2.28. The molecule has 17 heavy (non-hydrogen) atoms. The van der Waals surface area contributed by atoms with Gasteiger partial charge in [-0.2, -0.15) is 11.8 Å². The first-order valence-corrected chi connectivity index (χ1v) is 8.12. The Hall–Kier alpha value is 0.270. The van der Waals surface area contributed by atoms with Crippen LogP contribution < -0.4 is 5.32 Å². The largest absolute Gasteiger partial charge is 0.372 e. The second-order valence-electron chi connectivity index (χ2n) is 6.63. The maximum absolute atomic E-state index is 6.21. The van der Waals surface area contributed by atoms with Crippen LogP contribution in [0.2, 0.25) is 0 Å². The Labute approximate surface area is 110 Å². The molecule has 1 spiro atoms. The van der Waals surface area contributed by atoms with E-state index in [1.165, 1.54) is 37.2 Å². The van der Waals surface area contributed by atoms with Crippen molar-refractivity contribution in [3.05, 3.63) is 0 Å². The van der Waals surface area contributed by atoms with Crippen molar-refractivity contribution in [3.63, 3.8) is 0 Å². The fourth-order valence-corrected chi connectivity index (χ4v) is 4.11. The highest BCUT2D eigenvalue weighted by Gasteiger charge is 2.42. The summed E-state index contributed by atoms with van der Waals surface area (Å²) in [6.07, 6.45) is 5.01. The molecule has 100 valence electrons. The van der Waals surface area contributed by atoms with Gasteiger partial charge in [-0.25, -0.2) is 0 Å². The van der Waals surface area contributed by atoms with E-state index in [9.17, 15) is 0 Å². The van der Waals surface area contributed by atoms with Crippen LogP contribution >= 0.6 is 11.8 Å². The summed E-state index contributed by atoms with van der Waals surface area (Å²) in [5.41, 5.74) is 0.596. The van der Waals surface area contributed by atoms with Gasteiger partial charge >= 0.3 is 0 Å². The lowest BCUT2D eigenvalue weighted by molar-refractivity contribution is -0.105. The predicted molar refractivity (Wildman–Crippen MR) is 75.7 cm³/mol. The molecule has 0 aromatic carbocycles. The molecule has 1 N–H and O–H groups in total. The van der Waals surface area contributed by atoms with Gasteiger partial charge in [0.15, 0.2) is 0 Å². The van der Waals surface area contributed by atoms with E-state index in [1.807, 2.05) is 0 Å². The molecule has 0 aromatic heterocycles. The molecule has 0 saturated carbocycles. The van der Waals surface area contributed by atoms with Crippen LogP contribution in [0.15, 0.2) is 0 Å². The second-order valence-corrected chi connectivity index (χ2v) is 7.86. The van der Waals surface area contributed by atoms with Gasteiger partial charge < -0.3 is 10.1 Å². The fraction of sp³-hybridized carbons (Fsp3) is 1.00. The highest BCUT2D eigenvalue weighted by molar-refractivity contribution is 7.99.